The number of nitrogens with two attached hydrogens (primary N) is 1. The first kappa shape index (κ1) is 22.5. The zero-order valence-corrected chi connectivity index (χ0v) is 18.8. The van der Waals surface area contributed by atoms with Gasteiger partial charge in [0.1, 0.15) is 0 Å². The molecule has 1 aliphatic rings. The van der Waals surface area contributed by atoms with Crippen molar-refractivity contribution in [2.75, 3.05) is 18.9 Å². The van der Waals surface area contributed by atoms with E-state index in [0.29, 0.717) is 36.7 Å². The van der Waals surface area contributed by atoms with Gasteiger partial charge in [0.25, 0.3) is 5.91 Å². The molecule has 0 saturated carbocycles. The monoisotopic (exact) mass is 448 g/mol. The van der Waals surface area contributed by atoms with Gasteiger partial charge in [-0.2, -0.15) is 5.10 Å². The molecule has 0 bridgehead atoms. The van der Waals surface area contributed by atoms with Crippen molar-refractivity contribution < 1.29 is 19.4 Å². The van der Waals surface area contributed by atoms with Gasteiger partial charge in [0.2, 0.25) is 0 Å². The minimum Gasteiger partial charge on any atom is -0.476 e. The van der Waals surface area contributed by atoms with E-state index in [-0.39, 0.29) is 23.2 Å². The van der Waals surface area contributed by atoms with Gasteiger partial charge >= 0.3 is 5.97 Å². The third-order valence-corrected chi connectivity index (χ3v) is 6.03. The van der Waals surface area contributed by atoms with Crippen LogP contribution in [-0.4, -0.2) is 40.0 Å². The lowest BCUT2D eigenvalue weighted by molar-refractivity contribution is 0.0688. The average molecular weight is 449 g/mol. The molecule has 2 heterocycles. The Morgan fingerprint density at radius 1 is 1.15 bits per heavy atom. The van der Waals surface area contributed by atoms with Gasteiger partial charge in [0.05, 0.1) is 17.1 Å². The van der Waals surface area contributed by atoms with Crippen molar-refractivity contribution in [1.29, 1.82) is 0 Å². The van der Waals surface area contributed by atoms with Crippen LogP contribution in [-0.2, 0) is 11.3 Å². The van der Waals surface area contributed by atoms with Gasteiger partial charge in [0.15, 0.2) is 5.69 Å². The molecule has 8 nitrogen and oxygen atoms in total. The van der Waals surface area contributed by atoms with E-state index in [0.717, 1.165) is 29.5 Å². The topological polar surface area (TPSA) is 119 Å². The van der Waals surface area contributed by atoms with Crippen LogP contribution in [0.3, 0.4) is 0 Å². The summed E-state index contributed by atoms with van der Waals surface area (Å²) in [6.07, 6.45) is 1.53. The molecule has 172 valence electrons. The van der Waals surface area contributed by atoms with E-state index < -0.39 is 5.97 Å². The number of carboxylic acids is 1. The van der Waals surface area contributed by atoms with E-state index in [2.05, 4.69) is 10.4 Å². The minimum absolute atomic E-state index is 0.0348. The number of carbonyl (C=O) groups is 2. The summed E-state index contributed by atoms with van der Waals surface area (Å²) in [4.78, 5) is 24.5. The van der Waals surface area contributed by atoms with Crippen LogP contribution in [0.15, 0.2) is 42.5 Å². The van der Waals surface area contributed by atoms with Crippen LogP contribution in [0.4, 0.5) is 5.69 Å². The molecular weight excluding hydrogens is 420 g/mol. The molecule has 0 spiro atoms. The number of nitrogen functional groups attached to an aromatic ring is 1. The van der Waals surface area contributed by atoms with Gasteiger partial charge in [-0.3, -0.25) is 4.79 Å². The van der Waals surface area contributed by atoms with Gasteiger partial charge in [-0.05, 0) is 56.0 Å². The van der Waals surface area contributed by atoms with E-state index in [1.54, 1.807) is 12.1 Å². The predicted molar refractivity (Wildman–Crippen MR) is 125 cm³/mol. The smallest absolute Gasteiger partial charge is 0.356 e. The molecule has 3 aromatic rings. The van der Waals surface area contributed by atoms with Crippen LogP contribution >= 0.6 is 0 Å². The summed E-state index contributed by atoms with van der Waals surface area (Å²) in [5.41, 5.74) is 11.1. The molecule has 1 aromatic heterocycles. The first-order valence-corrected chi connectivity index (χ1v) is 11.0. The Balaban J connectivity index is 1.52. The zero-order chi connectivity index (χ0) is 23.5. The lowest BCUT2D eigenvalue weighted by Crippen LogP contribution is -2.23. The summed E-state index contributed by atoms with van der Waals surface area (Å²) in [5, 5.41) is 17.3. The van der Waals surface area contributed by atoms with Crippen molar-refractivity contribution in [2.45, 2.75) is 39.2 Å². The van der Waals surface area contributed by atoms with Gasteiger partial charge in [-0.1, -0.05) is 29.8 Å². The molecule has 1 fully saturated rings. The maximum absolute atomic E-state index is 12.6. The van der Waals surface area contributed by atoms with Gasteiger partial charge in [-0.15, -0.1) is 0 Å². The Morgan fingerprint density at radius 2 is 1.85 bits per heavy atom. The fourth-order valence-electron chi connectivity index (χ4n) is 4.13. The van der Waals surface area contributed by atoms with E-state index in [9.17, 15) is 14.7 Å². The van der Waals surface area contributed by atoms with Crippen LogP contribution in [0.1, 0.15) is 62.0 Å². The number of nitrogens with one attached hydrogen (secondary N) is 1. The molecule has 33 heavy (non-hydrogen) atoms. The van der Waals surface area contributed by atoms with Crippen LogP contribution in [0, 0.1) is 13.8 Å². The first-order chi connectivity index (χ1) is 15.8. The summed E-state index contributed by atoms with van der Waals surface area (Å²) in [6.45, 7) is 5.44. The molecule has 1 saturated heterocycles. The van der Waals surface area contributed by atoms with Gasteiger partial charge < -0.3 is 20.9 Å². The van der Waals surface area contributed by atoms with E-state index >= 15 is 0 Å². The minimum atomic E-state index is -1.12. The Kier molecular flexibility index (Phi) is 6.46. The summed E-state index contributed by atoms with van der Waals surface area (Å²) < 4.78 is 6.79. The Hall–Kier alpha value is -3.65. The lowest BCUT2D eigenvalue weighted by atomic mass is 9.95. The number of hydrogen-bond acceptors (Lipinski definition) is 5. The molecule has 4 N–H and O–H groups in total. The number of rotatable bonds is 6. The number of aromatic carboxylic acids is 1. The van der Waals surface area contributed by atoms with Crippen molar-refractivity contribution in [3.63, 3.8) is 0 Å². The molecule has 4 rings (SSSR count). The number of hydrogen-bond donors (Lipinski definition) is 3. The Morgan fingerprint density at radius 3 is 2.52 bits per heavy atom. The Bertz CT molecular complexity index is 1180. The summed E-state index contributed by atoms with van der Waals surface area (Å²) in [5.74, 6) is -1.17. The number of benzene rings is 2. The molecule has 8 heteroatoms. The van der Waals surface area contributed by atoms with Crippen LogP contribution in [0.2, 0.25) is 0 Å². The highest BCUT2D eigenvalue weighted by Gasteiger charge is 2.28. The normalized spacial score (nSPS) is 14.2. The third-order valence-electron chi connectivity index (χ3n) is 6.03. The van der Waals surface area contributed by atoms with Gasteiger partial charge in [-0.25, -0.2) is 9.48 Å². The predicted octanol–water partition coefficient (Wildman–Crippen LogP) is 3.59. The highest BCUT2D eigenvalue weighted by Crippen LogP contribution is 2.33. The second kappa shape index (κ2) is 9.46. The maximum atomic E-state index is 12.6. The van der Waals surface area contributed by atoms with Crippen molar-refractivity contribution in [2.24, 2.45) is 0 Å². The number of ether oxygens (including phenoxy) is 1. The fourth-order valence-corrected chi connectivity index (χ4v) is 4.13. The zero-order valence-electron chi connectivity index (χ0n) is 18.8. The second-order valence-electron chi connectivity index (χ2n) is 8.42. The van der Waals surface area contributed by atoms with E-state index in [4.69, 9.17) is 10.5 Å². The van der Waals surface area contributed by atoms with Crippen molar-refractivity contribution in [3.8, 4) is 5.69 Å². The van der Waals surface area contributed by atoms with Crippen molar-refractivity contribution in [3.05, 3.63) is 76.1 Å². The summed E-state index contributed by atoms with van der Waals surface area (Å²) in [7, 11) is 0. The standard InChI is InChI=1S/C25H28N4O4/c1-15-3-4-16(2)20(13-15)24(30)27-14-17-5-7-19(8-6-17)29-23(25(31)32)21(26)22(28-29)18-9-11-33-12-10-18/h3-8,13,18H,9-12,14,26H2,1-2H3,(H,27,30)(H,31,32). The molecular formula is C25H28N4O4. The summed E-state index contributed by atoms with van der Waals surface area (Å²) in [6, 6.07) is 13.0. The van der Waals surface area contributed by atoms with Crippen LogP contribution in [0.25, 0.3) is 5.69 Å². The molecule has 0 radical (unpaired) electrons. The Labute approximate surface area is 192 Å². The second-order valence-corrected chi connectivity index (χ2v) is 8.42. The number of anilines is 1. The third kappa shape index (κ3) is 4.75. The number of amides is 1. The number of aromatic nitrogens is 2. The van der Waals surface area contributed by atoms with Gasteiger partial charge in [0, 0.05) is 31.2 Å². The molecule has 0 unspecified atom stereocenters. The van der Waals surface area contributed by atoms with Crippen molar-refractivity contribution in [1.82, 2.24) is 15.1 Å². The van der Waals surface area contributed by atoms with Crippen molar-refractivity contribution >= 4 is 17.6 Å². The van der Waals surface area contributed by atoms with E-state index in [1.165, 1.54) is 4.68 Å². The number of carboxylic acid groups (broad SMARTS) is 1. The molecule has 1 amide bonds. The first-order valence-electron chi connectivity index (χ1n) is 11.0. The van der Waals surface area contributed by atoms with Crippen LogP contribution < -0.4 is 11.1 Å². The number of nitrogens with zero attached hydrogens (tertiary/aromatic N) is 2. The quantitative estimate of drug-likeness (QED) is 0.530. The fraction of sp³-hybridized carbons (Fsp3) is 0.320. The maximum Gasteiger partial charge on any atom is 0.356 e. The number of carbonyl (C=O) groups excluding carboxylic acids is 1. The molecule has 2 aromatic carbocycles. The highest BCUT2D eigenvalue weighted by atomic mass is 16.5. The largest absolute Gasteiger partial charge is 0.476 e. The van der Waals surface area contributed by atoms with E-state index in [1.807, 2.05) is 44.2 Å². The lowest BCUT2D eigenvalue weighted by Gasteiger charge is -2.20. The molecule has 0 aliphatic carbocycles. The average Bonchev–Trinajstić information content (AvgIpc) is 3.17. The highest BCUT2D eigenvalue weighted by molar-refractivity contribution is 5.95. The molecule has 1 aliphatic heterocycles. The SMILES string of the molecule is Cc1ccc(C)c(C(=O)NCc2ccc(-n3nc(C4CCOCC4)c(N)c3C(=O)O)cc2)c1. The number of aryl methyl sites for hydroxylation is 2. The molecule has 0 atom stereocenters. The van der Waals surface area contributed by atoms with Crippen LogP contribution in [0.5, 0.6) is 0 Å². The summed E-state index contributed by atoms with van der Waals surface area (Å²) >= 11 is 0.